The molecule has 3 aromatic rings. The molecule has 0 saturated carbocycles. The van der Waals surface area contributed by atoms with Crippen LogP contribution >= 0.6 is 11.3 Å². The lowest BCUT2D eigenvalue weighted by molar-refractivity contribution is -0.114. The van der Waals surface area contributed by atoms with Crippen molar-refractivity contribution in [1.82, 2.24) is 4.98 Å². The highest BCUT2D eigenvalue weighted by molar-refractivity contribution is 7.92. The zero-order chi connectivity index (χ0) is 22.3. The van der Waals surface area contributed by atoms with Crippen LogP contribution in [0, 0.1) is 18.6 Å². The van der Waals surface area contributed by atoms with E-state index in [2.05, 4.69) is 10.3 Å². The zero-order valence-electron chi connectivity index (χ0n) is 16.8. The number of carbonyl (C=O) groups excluding carboxylic acids is 1. The van der Waals surface area contributed by atoms with Gasteiger partial charge >= 0.3 is 0 Å². The molecule has 10 heteroatoms. The van der Waals surface area contributed by atoms with Gasteiger partial charge in [0, 0.05) is 13.5 Å². The van der Waals surface area contributed by atoms with Crippen molar-refractivity contribution in [1.29, 1.82) is 0 Å². The maximum absolute atomic E-state index is 14.2. The Morgan fingerprint density at radius 2 is 1.97 bits per heavy atom. The lowest BCUT2D eigenvalue weighted by atomic mass is 10.00. The van der Waals surface area contributed by atoms with Crippen LogP contribution in [0.25, 0.3) is 10.4 Å². The van der Waals surface area contributed by atoms with Crippen molar-refractivity contribution in [3.63, 3.8) is 0 Å². The van der Waals surface area contributed by atoms with E-state index in [-0.39, 0.29) is 12.5 Å². The predicted molar refractivity (Wildman–Crippen MR) is 116 cm³/mol. The van der Waals surface area contributed by atoms with Crippen LogP contribution in [0.4, 0.5) is 19.6 Å². The molecule has 1 amide bonds. The molecule has 1 aromatic heterocycles. The fourth-order valence-electron chi connectivity index (χ4n) is 3.62. The molecule has 2 heterocycles. The van der Waals surface area contributed by atoms with Gasteiger partial charge in [-0.3, -0.25) is 9.10 Å². The van der Waals surface area contributed by atoms with Crippen molar-refractivity contribution >= 4 is 38.1 Å². The van der Waals surface area contributed by atoms with Crippen LogP contribution in [0.3, 0.4) is 0 Å². The Morgan fingerprint density at radius 3 is 2.71 bits per heavy atom. The molecular formula is C21H19F2N3O3S2. The van der Waals surface area contributed by atoms with Crippen LogP contribution in [0.5, 0.6) is 0 Å². The number of hydrogen-bond donors (Lipinski definition) is 1. The molecule has 0 unspecified atom stereocenters. The lowest BCUT2D eigenvalue weighted by Crippen LogP contribution is -2.36. The van der Waals surface area contributed by atoms with E-state index in [1.165, 1.54) is 18.3 Å². The van der Waals surface area contributed by atoms with Gasteiger partial charge in [-0.1, -0.05) is 17.4 Å². The number of nitrogens with one attached hydrogen (secondary N) is 1. The molecule has 0 atom stereocenters. The Labute approximate surface area is 182 Å². The van der Waals surface area contributed by atoms with E-state index in [4.69, 9.17) is 0 Å². The molecular weight excluding hydrogens is 444 g/mol. The standard InChI is InChI=1S/C21H19F2N3O3S2/c1-12-20(30-21(24-12)25-13(2)27)15-5-8-18-14(10-15)4-3-9-26(18)31(28,29)19-11-16(22)6-7-17(19)23/h5-8,10-11H,3-4,9H2,1-2H3,(H,24,25,27). The maximum Gasteiger partial charge on any atom is 0.267 e. The lowest BCUT2D eigenvalue weighted by Gasteiger charge is -2.31. The summed E-state index contributed by atoms with van der Waals surface area (Å²) in [5.74, 6) is -2.02. The third kappa shape index (κ3) is 4.05. The van der Waals surface area contributed by atoms with E-state index < -0.39 is 26.6 Å². The highest BCUT2D eigenvalue weighted by atomic mass is 32.2. The molecule has 31 heavy (non-hydrogen) atoms. The molecule has 0 aliphatic carbocycles. The minimum absolute atomic E-state index is 0.177. The number of anilines is 2. The summed E-state index contributed by atoms with van der Waals surface area (Å²) in [6, 6.07) is 7.74. The molecule has 162 valence electrons. The number of halogens is 2. The highest BCUT2D eigenvalue weighted by Gasteiger charge is 2.32. The van der Waals surface area contributed by atoms with Gasteiger partial charge < -0.3 is 5.32 Å². The normalized spacial score (nSPS) is 13.7. The number of sulfonamides is 1. The quantitative estimate of drug-likeness (QED) is 0.618. The van der Waals surface area contributed by atoms with E-state index >= 15 is 0 Å². The number of benzene rings is 2. The van der Waals surface area contributed by atoms with Crippen molar-refractivity contribution in [3.05, 3.63) is 59.3 Å². The molecule has 1 aliphatic heterocycles. The third-order valence-electron chi connectivity index (χ3n) is 4.96. The summed E-state index contributed by atoms with van der Waals surface area (Å²) in [6.07, 6.45) is 1.20. The van der Waals surface area contributed by atoms with Gasteiger partial charge in [-0.25, -0.2) is 22.2 Å². The number of carbonyl (C=O) groups is 1. The van der Waals surface area contributed by atoms with Gasteiger partial charge in [-0.05, 0) is 61.2 Å². The Hall–Kier alpha value is -2.85. The molecule has 2 aromatic carbocycles. The van der Waals surface area contributed by atoms with Crippen molar-refractivity contribution in [2.24, 2.45) is 0 Å². The molecule has 0 spiro atoms. The van der Waals surface area contributed by atoms with Crippen LogP contribution < -0.4 is 9.62 Å². The van der Waals surface area contributed by atoms with E-state index in [0.29, 0.717) is 29.7 Å². The minimum atomic E-state index is -4.26. The van der Waals surface area contributed by atoms with E-state index in [1.54, 1.807) is 12.1 Å². The van der Waals surface area contributed by atoms with Crippen LogP contribution in [0.1, 0.15) is 24.6 Å². The Balaban J connectivity index is 1.74. The first-order valence-corrected chi connectivity index (χ1v) is 11.8. The molecule has 1 aliphatic rings. The summed E-state index contributed by atoms with van der Waals surface area (Å²) in [5.41, 5.74) is 2.83. The third-order valence-corrected chi connectivity index (χ3v) is 7.91. The van der Waals surface area contributed by atoms with E-state index in [1.807, 2.05) is 13.0 Å². The molecule has 0 fully saturated rings. The number of hydrogen-bond acceptors (Lipinski definition) is 5. The van der Waals surface area contributed by atoms with Gasteiger partial charge in [0.25, 0.3) is 10.0 Å². The number of rotatable bonds is 4. The predicted octanol–water partition coefficient (Wildman–Crippen LogP) is 4.50. The van der Waals surface area contributed by atoms with Crippen LogP contribution in [-0.4, -0.2) is 25.9 Å². The fourth-order valence-corrected chi connectivity index (χ4v) is 6.24. The topological polar surface area (TPSA) is 79.4 Å². The molecule has 1 N–H and O–H groups in total. The average molecular weight is 464 g/mol. The summed E-state index contributed by atoms with van der Waals surface area (Å²) in [7, 11) is -4.26. The molecule has 4 rings (SSSR count). The molecule has 0 radical (unpaired) electrons. The second kappa shape index (κ2) is 8.01. The number of amides is 1. The number of fused-ring (bicyclic) bond motifs is 1. The maximum atomic E-state index is 14.2. The summed E-state index contributed by atoms with van der Waals surface area (Å²) >= 11 is 1.33. The number of thiazole rings is 1. The molecule has 0 saturated heterocycles. The highest BCUT2D eigenvalue weighted by Crippen LogP contribution is 2.38. The van der Waals surface area contributed by atoms with Crippen molar-refractivity contribution in [2.45, 2.75) is 31.6 Å². The monoisotopic (exact) mass is 463 g/mol. The SMILES string of the molecule is CC(=O)Nc1nc(C)c(-c2ccc3c(c2)CCCN3S(=O)(=O)c2cc(F)ccc2F)s1. The average Bonchev–Trinajstić information content (AvgIpc) is 3.08. The van der Waals surface area contributed by atoms with Crippen LogP contribution in [-0.2, 0) is 21.2 Å². The number of aryl methyl sites for hydroxylation is 2. The van der Waals surface area contributed by atoms with Crippen molar-refractivity contribution in [3.8, 4) is 10.4 Å². The molecule has 0 bridgehead atoms. The smallest absolute Gasteiger partial charge is 0.267 e. The van der Waals surface area contributed by atoms with Gasteiger partial charge in [0.05, 0.1) is 16.3 Å². The minimum Gasteiger partial charge on any atom is -0.302 e. The van der Waals surface area contributed by atoms with Gasteiger partial charge in [-0.2, -0.15) is 0 Å². The Bertz CT molecular complexity index is 1290. The largest absolute Gasteiger partial charge is 0.302 e. The van der Waals surface area contributed by atoms with Gasteiger partial charge in [-0.15, -0.1) is 0 Å². The second-order valence-corrected chi connectivity index (χ2v) is 10.0. The summed E-state index contributed by atoms with van der Waals surface area (Å²) in [5, 5.41) is 3.16. The number of nitrogens with zero attached hydrogens (tertiary/aromatic N) is 2. The van der Waals surface area contributed by atoms with Crippen LogP contribution in [0.15, 0.2) is 41.3 Å². The second-order valence-electron chi connectivity index (χ2n) is 7.21. The summed E-state index contributed by atoms with van der Waals surface area (Å²) in [4.78, 5) is 15.8. The molecule has 6 nitrogen and oxygen atoms in total. The van der Waals surface area contributed by atoms with E-state index in [9.17, 15) is 22.0 Å². The van der Waals surface area contributed by atoms with Crippen molar-refractivity contribution < 1.29 is 22.0 Å². The Kier molecular flexibility index (Phi) is 5.52. The van der Waals surface area contributed by atoms with Gasteiger partial charge in [0.1, 0.15) is 16.5 Å². The summed E-state index contributed by atoms with van der Waals surface area (Å²) in [6.45, 7) is 3.42. The van der Waals surface area contributed by atoms with Crippen molar-refractivity contribution in [2.75, 3.05) is 16.2 Å². The van der Waals surface area contributed by atoms with Gasteiger partial charge in [0.15, 0.2) is 5.13 Å². The first kappa shape index (κ1) is 21.4. The zero-order valence-corrected chi connectivity index (χ0v) is 18.4. The van der Waals surface area contributed by atoms with Crippen LogP contribution in [0.2, 0.25) is 0 Å². The van der Waals surface area contributed by atoms with Gasteiger partial charge in [0.2, 0.25) is 5.91 Å². The number of aromatic nitrogens is 1. The van der Waals surface area contributed by atoms with E-state index in [0.717, 1.165) is 38.1 Å². The Morgan fingerprint density at radius 1 is 1.19 bits per heavy atom. The summed E-state index contributed by atoms with van der Waals surface area (Å²) < 4.78 is 55.2. The first-order chi connectivity index (χ1) is 14.7. The first-order valence-electron chi connectivity index (χ1n) is 9.53. The fraction of sp³-hybridized carbons (Fsp3) is 0.238.